The van der Waals surface area contributed by atoms with Crippen LogP contribution in [0.3, 0.4) is 0 Å². The number of rotatable bonds is 3. The van der Waals surface area contributed by atoms with Crippen molar-refractivity contribution in [2.45, 2.75) is 18.6 Å². The van der Waals surface area contributed by atoms with E-state index in [9.17, 15) is 0 Å². The van der Waals surface area contributed by atoms with E-state index < -0.39 is 0 Å². The SMILES string of the molecule is CSc1nnc(Cc2ccc(C)cc2)o1. The molecule has 0 N–H and O–H groups in total. The van der Waals surface area contributed by atoms with E-state index in [0.29, 0.717) is 17.5 Å². The molecule has 2 rings (SSSR count). The van der Waals surface area contributed by atoms with E-state index in [1.54, 1.807) is 0 Å². The maximum atomic E-state index is 5.41. The van der Waals surface area contributed by atoms with Crippen molar-refractivity contribution in [3.05, 3.63) is 41.3 Å². The lowest BCUT2D eigenvalue weighted by Gasteiger charge is -1.97. The van der Waals surface area contributed by atoms with Gasteiger partial charge in [-0.15, -0.1) is 10.2 Å². The quantitative estimate of drug-likeness (QED) is 0.745. The van der Waals surface area contributed by atoms with Gasteiger partial charge < -0.3 is 4.42 Å². The summed E-state index contributed by atoms with van der Waals surface area (Å²) in [5.41, 5.74) is 2.45. The molecule has 0 aliphatic heterocycles. The molecule has 2 aromatic rings. The van der Waals surface area contributed by atoms with Crippen molar-refractivity contribution < 1.29 is 4.42 Å². The van der Waals surface area contributed by atoms with Gasteiger partial charge >= 0.3 is 0 Å². The van der Waals surface area contributed by atoms with Crippen LogP contribution >= 0.6 is 11.8 Å². The van der Waals surface area contributed by atoms with Crippen molar-refractivity contribution in [2.24, 2.45) is 0 Å². The van der Waals surface area contributed by atoms with Gasteiger partial charge in [0.2, 0.25) is 5.89 Å². The molecule has 0 saturated carbocycles. The molecule has 4 heteroatoms. The van der Waals surface area contributed by atoms with Crippen molar-refractivity contribution in [1.29, 1.82) is 0 Å². The minimum Gasteiger partial charge on any atom is -0.416 e. The second kappa shape index (κ2) is 4.49. The zero-order valence-corrected chi connectivity index (χ0v) is 9.54. The molecule has 0 aliphatic rings. The lowest BCUT2D eigenvalue weighted by atomic mass is 10.1. The van der Waals surface area contributed by atoms with Crippen LogP contribution in [0.25, 0.3) is 0 Å². The van der Waals surface area contributed by atoms with Gasteiger partial charge in [-0.25, -0.2) is 0 Å². The highest BCUT2D eigenvalue weighted by molar-refractivity contribution is 7.98. The Morgan fingerprint density at radius 3 is 2.53 bits per heavy atom. The number of hydrogen-bond donors (Lipinski definition) is 0. The Morgan fingerprint density at radius 1 is 1.20 bits per heavy atom. The van der Waals surface area contributed by atoms with Gasteiger partial charge in [-0.1, -0.05) is 41.6 Å². The summed E-state index contributed by atoms with van der Waals surface area (Å²) in [6.45, 7) is 2.07. The molecule has 1 heterocycles. The summed E-state index contributed by atoms with van der Waals surface area (Å²) < 4.78 is 5.41. The molecule has 0 amide bonds. The van der Waals surface area contributed by atoms with E-state index in [0.717, 1.165) is 0 Å². The molecule has 0 unspecified atom stereocenters. The Balaban J connectivity index is 2.11. The van der Waals surface area contributed by atoms with Crippen LogP contribution in [-0.4, -0.2) is 16.5 Å². The third-order valence-corrected chi connectivity index (χ3v) is 2.61. The van der Waals surface area contributed by atoms with Crippen molar-refractivity contribution in [3.8, 4) is 0 Å². The summed E-state index contributed by atoms with van der Waals surface area (Å²) in [7, 11) is 0. The maximum absolute atomic E-state index is 5.41. The Bertz CT molecular complexity index is 436. The van der Waals surface area contributed by atoms with Crippen LogP contribution in [0.1, 0.15) is 17.0 Å². The molecule has 0 saturated heterocycles. The first kappa shape index (κ1) is 10.2. The third kappa shape index (κ3) is 2.59. The van der Waals surface area contributed by atoms with E-state index in [1.807, 2.05) is 6.26 Å². The number of aromatic nitrogens is 2. The van der Waals surface area contributed by atoms with Crippen molar-refractivity contribution in [2.75, 3.05) is 6.26 Å². The van der Waals surface area contributed by atoms with Gasteiger partial charge in [-0.05, 0) is 18.7 Å². The topological polar surface area (TPSA) is 38.9 Å². The Morgan fingerprint density at radius 2 is 1.93 bits per heavy atom. The minimum atomic E-state index is 0.622. The van der Waals surface area contributed by atoms with Gasteiger partial charge in [0.25, 0.3) is 5.22 Å². The number of nitrogens with zero attached hydrogens (tertiary/aromatic N) is 2. The van der Waals surface area contributed by atoms with E-state index in [-0.39, 0.29) is 0 Å². The van der Waals surface area contributed by atoms with Crippen LogP contribution in [0.5, 0.6) is 0 Å². The molecule has 3 nitrogen and oxygen atoms in total. The van der Waals surface area contributed by atoms with Crippen LogP contribution in [0.4, 0.5) is 0 Å². The Hall–Kier alpha value is -1.29. The van der Waals surface area contributed by atoms with E-state index in [2.05, 4.69) is 41.4 Å². The highest BCUT2D eigenvalue weighted by Crippen LogP contribution is 2.14. The van der Waals surface area contributed by atoms with Crippen LogP contribution in [0.15, 0.2) is 33.9 Å². The predicted molar refractivity (Wildman–Crippen MR) is 60.1 cm³/mol. The summed E-state index contributed by atoms with van der Waals surface area (Å²) in [6, 6.07) is 8.33. The lowest BCUT2D eigenvalue weighted by Crippen LogP contribution is -1.88. The first-order chi connectivity index (χ1) is 7.28. The maximum Gasteiger partial charge on any atom is 0.276 e. The van der Waals surface area contributed by atoms with E-state index in [1.165, 1.54) is 22.9 Å². The fourth-order valence-corrected chi connectivity index (χ4v) is 1.57. The summed E-state index contributed by atoms with van der Waals surface area (Å²) in [4.78, 5) is 0. The summed E-state index contributed by atoms with van der Waals surface area (Å²) >= 11 is 1.46. The van der Waals surface area contributed by atoms with Gasteiger partial charge in [0.15, 0.2) is 0 Å². The minimum absolute atomic E-state index is 0.622. The molecular weight excluding hydrogens is 208 g/mol. The molecule has 1 aromatic carbocycles. The fourth-order valence-electron chi connectivity index (χ4n) is 1.27. The summed E-state index contributed by atoms with van der Waals surface area (Å²) in [5, 5.41) is 8.48. The Labute approximate surface area is 92.9 Å². The predicted octanol–water partition coefficient (Wildman–Crippen LogP) is 2.69. The molecule has 15 heavy (non-hydrogen) atoms. The fraction of sp³-hybridized carbons (Fsp3) is 0.273. The monoisotopic (exact) mass is 220 g/mol. The number of aryl methyl sites for hydroxylation is 1. The van der Waals surface area contributed by atoms with Crippen molar-refractivity contribution in [3.63, 3.8) is 0 Å². The number of thioether (sulfide) groups is 1. The lowest BCUT2D eigenvalue weighted by molar-refractivity contribution is 0.421. The standard InChI is InChI=1S/C11H12N2OS/c1-8-3-5-9(6-4-8)7-10-12-13-11(14-10)15-2/h3-6H,7H2,1-2H3. The zero-order chi connectivity index (χ0) is 10.7. The van der Waals surface area contributed by atoms with Gasteiger partial charge in [0.1, 0.15) is 0 Å². The van der Waals surface area contributed by atoms with Crippen LogP contribution in [0.2, 0.25) is 0 Å². The average molecular weight is 220 g/mol. The van der Waals surface area contributed by atoms with Crippen molar-refractivity contribution >= 4 is 11.8 Å². The van der Waals surface area contributed by atoms with Crippen LogP contribution < -0.4 is 0 Å². The third-order valence-electron chi connectivity index (χ3n) is 2.10. The molecule has 0 radical (unpaired) electrons. The number of hydrogen-bond acceptors (Lipinski definition) is 4. The second-order valence-electron chi connectivity index (χ2n) is 3.33. The molecule has 0 atom stereocenters. The molecule has 0 aliphatic carbocycles. The molecule has 1 aromatic heterocycles. The van der Waals surface area contributed by atoms with Gasteiger partial charge in [-0.3, -0.25) is 0 Å². The van der Waals surface area contributed by atoms with Crippen LogP contribution in [-0.2, 0) is 6.42 Å². The summed E-state index contributed by atoms with van der Waals surface area (Å²) in [5.74, 6) is 0.670. The second-order valence-corrected chi connectivity index (χ2v) is 4.09. The van der Waals surface area contributed by atoms with Gasteiger partial charge in [0, 0.05) is 0 Å². The van der Waals surface area contributed by atoms with E-state index >= 15 is 0 Å². The molecule has 78 valence electrons. The normalized spacial score (nSPS) is 10.5. The molecule has 0 fully saturated rings. The van der Waals surface area contributed by atoms with E-state index in [4.69, 9.17) is 4.42 Å². The van der Waals surface area contributed by atoms with Crippen molar-refractivity contribution in [1.82, 2.24) is 10.2 Å². The molecule has 0 bridgehead atoms. The van der Waals surface area contributed by atoms with Crippen LogP contribution in [0, 0.1) is 6.92 Å². The summed E-state index contributed by atoms with van der Waals surface area (Å²) in [6.07, 6.45) is 2.62. The Kier molecular flexibility index (Phi) is 3.06. The van der Waals surface area contributed by atoms with Gasteiger partial charge in [0.05, 0.1) is 6.42 Å². The number of benzene rings is 1. The highest BCUT2D eigenvalue weighted by atomic mass is 32.2. The smallest absolute Gasteiger partial charge is 0.276 e. The van der Waals surface area contributed by atoms with Gasteiger partial charge in [-0.2, -0.15) is 0 Å². The average Bonchev–Trinajstić information content (AvgIpc) is 2.69. The highest BCUT2D eigenvalue weighted by Gasteiger charge is 2.05. The first-order valence-corrected chi connectivity index (χ1v) is 5.92. The largest absolute Gasteiger partial charge is 0.416 e. The first-order valence-electron chi connectivity index (χ1n) is 4.70. The zero-order valence-electron chi connectivity index (χ0n) is 8.73. The molecular formula is C11H12N2OS. The molecule has 0 spiro atoms.